The third-order valence-corrected chi connectivity index (χ3v) is 9.26. The molecule has 4 N–H and O–H groups in total. The minimum atomic E-state index is -0.808. The summed E-state index contributed by atoms with van der Waals surface area (Å²) < 4.78 is 5.23. The quantitative estimate of drug-likeness (QED) is 0.191. The van der Waals surface area contributed by atoms with E-state index in [0.717, 1.165) is 61.7 Å². The number of hydrogen-bond acceptors (Lipinski definition) is 7. The molecule has 8 nitrogen and oxygen atoms in total. The molecular formula is C37H46Cl2N4O4. The molecule has 0 atom stereocenters. The van der Waals surface area contributed by atoms with Crippen molar-refractivity contribution >= 4 is 29.1 Å². The lowest BCUT2D eigenvalue weighted by atomic mass is 9.84. The molecule has 0 unspecified atom stereocenters. The van der Waals surface area contributed by atoms with Crippen LogP contribution in [0.25, 0.3) is 0 Å². The van der Waals surface area contributed by atoms with E-state index in [9.17, 15) is 15.0 Å². The zero-order valence-corrected chi connectivity index (χ0v) is 29.0. The van der Waals surface area contributed by atoms with Crippen LogP contribution in [0.2, 0.25) is 10.0 Å². The average molecular weight is 682 g/mol. The smallest absolute Gasteiger partial charge is 0.248 e. The highest BCUT2D eigenvalue weighted by Crippen LogP contribution is 2.35. The number of piperidine rings is 2. The van der Waals surface area contributed by atoms with Crippen molar-refractivity contribution in [1.29, 1.82) is 0 Å². The summed E-state index contributed by atoms with van der Waals surface area (Å²) in [5, 5.41) is 23.1. The summed E-state index contributed by atoms with van der Waals surface area (Å²) in [6.07, 6.45) is 4.45. The molecule has 0 bridgehead atoms. The first-order chi connectivity index (χ1) is 22.5. The second-order valence-electron chi connectivity index (χ2n) is 12.1. The lowest BCUT2D eigenvalue weighted by Gasteiger charge is -2.38. The summed E-state index contributed by atoms with van der Waals surface area (Å²) in [7, 11) is 0. The van der Waals surface area contributed by atoms with Gasteiger partial charge in [0.05, 0.1) is 16.9 Å². The Bertz CT molecular complexity index is 1580. The normalized spacial score (nSPS) is 17.5. The van der Waals surface area contributed by atoms with Gasteiger partial charge in [-0.1, -0.05) is 73.4 Å². The fraction of sp³-hybridized carbons (Fsp3) is 0.405. The van der Waals surface area contributed by atoms with E-state index in [1.807, 2.05) is 81.4 Å². The molecule has 10 heteroatoms. The van der Waals surface area contributed by atoms with Crippen LogP contribution in [-0.2, 0) is 24.3 Å². The van der Waals surface area contributed by atoms with Crippen LogP contribution >= 0.6 is 23.2 Å². The van der Waals surface area contributed by atoms with E-state index in [4.69, 9.17) is 33.4 Å². The molecule has 0 saturated carbocycles. The van der Waals surface area contributed by atoms with Crippen molar-refractivity contribution in [2.45, 2.75) is 70.7 Å². The number of halogens is 2. The van der Waals surface area contributed by atoms with Gasteiger partial charge >= 0.3 is 0 Å². The van der Waals surface area contributed by atoms with Gasteiger partial charge in [0.2, 0.25) is 5.91 Å². The van der Waals surface area contributed by atoms with E-state index in [2.05, 4.69) is 14.8 Å². The Morgan fingerprint density at radius 2 is 1.28 bits per heavy atom. The first-order valence-electron chi connectivity index (χ1n) is 16.2. The van der Waals surface area contributed by atoms with E-state index in [-0.39, 0.29) is 0 Å². The molecule has 2 aliphatic heterocycles. The van der Waals surface area contributed by atoms with Crippen LogP contribution in [0.5, 0.6) is 0 Å². The van der Waals surface area contributed by atoms with Gasteiger partial charge in [-0.25, -0.2) is 4.98 Å². The Morgan fingerprint density at radius 1 is 0.809 bits per heavy atom. The number of benzene rings is 3. The predicted molar refractivity (Wildman–Crippen MR) is 187 cm³/mol. The number of amides is 1. The summed E-state index contributed by atoms with van der Waals surface area (Å²) >= 11 is 12.1. The zero-order valence-electron chi connectivity index (χ0n) is 27.5. The van der Waals surface area contributed by atoms with Crippen molar-refractivity contribution in [3.63, 3.8) is 0 Å². The van der Waals surface area contributed by atoms with Crippen molar-refractivity contribution < 1.29 is 19.4 Å². The van der Waals surface area contributed by atoms with Crippen LogP contribution in [0.1, 0.15) is 78.2 Å². The van der Waals surface area contributed by atoms with Gasteiger partial charge in [-0.2, -0.15) is 0 Å². The molecule has 2 fully saturated rings. The van der Waals surface area contributed by atoms with Crippen molar-refractivity contribution in [1.82, 2.24) is 14.8 Å². The van der Waals surface area contributed by atoms with Crippen LogP contribution in [0.3, 0.4) is 0 Å². The first kappa shape index (κ1) is 36.6. The Morgan fingerprint density at radius 3 is 1.68 bits per heavy atom. The molecule has 4 aromatic rings. The van der Waals surface area contributed by atoms with E-state index >= 15 is 0 Å². The Balaban J connectivity index is 0.000000204. The SMILES string of the molecule is CC.Cc1nc(CN2CCC(O)(c3cccc(Cl)c3)CC2)co1.NC(=O)c1ccc(CN2CCC(O)(c3cccc(Cl)c3)CC2)cc1. The second kappa shape index (κ2) is 16.7. The molecule has 6 rings (SSSR count). The number of nitrogens with zero attached hydrogens (tertiary/aromatic N) is 3. The maximum atomic E-state index is 11.1. The molecule has 1 aromatic heterocycles. The third kappa shape index (κ3) is 10.1. The molecule has 3 aromatic carbocycles. The number of primary amides is 1. The van der Waals surface area contributed by atoms with E-state index in [0.29, 0.717) is 47.2 Å². The number of likely N-dealkylation sites (tertiary alicyclic amines) is 2. The van der Waals surface area contributed by atoms with Crippen molar-refractivity contribution in [3.8, 4) is 0 Å². The van der Waals surface area contributed by atoms with Crippen LogP contribution in [0, 0.1) is 6.92 Å². The standard InChI is InChI=1S/C19H21ClN2O2.C16H19ClN2O2.C2H6/c20-17-3-1-2-16(12-17)19(24)8-10-22(11-9-19)13-14-4-6-15(7-5-14)18(21)23;1-12-18-15(11-21-12)10-19-7-5-16(20,6-8-19)13-3-2-4-14(17)9-13;1-2/h1-7,12,24H,8-11,13H2,(H2,21,23);2-4,9,11,20H,5-8,10H2,1H3;1-2H3. The number of nitrogens with two attached hydrogens (primary N) is 1. The Kier molecular flexibility index (Phi) is 13.0. The monoisotopic (exact) mass is 680 g/mol. The highest BCUT2D eigenvalue weighted by Gasteiger charge is 2.35. The largest absolute Gasteiger partial charge is 0.449 e. The molecule has 1 amide bonds. The highest BCUT2D eigenvalue weighted by atomic mass is 35.5. The number of aryl methyl sites for hydroxylation is 1. The van der Waals surface area contributed by atoms with Crippen LogP contribution in [0.4, 0.5) is 0 Å². The minimum Gasteiger partial charge on any atom is -0.449 e. The van der Waals surface area contributed by atoms with Crippen molar-refractivity contribution in [3.05, 3.63) is 123 Å². The first-order valence-corrected chi connectivity index (χ1v) is 17.0. The molecule has 0 spiro atoms. The molecule has 2 saturated heterocycles. The topological polar surface area (TPSA) is 116 Å². The van der Waals surface area contributed by atoms with Gasteiger partial charge in [-0.15, -0.1) is 0 Å². The zero-order chi connectivity index (χ0) is 34.0. The number of carbonyl (C=O) groups is 1. The van der Waals surface area contributed by atoms with Crippen LogP contribution in [-0.4, -0.2) is 57.1 Å². The highest BCUT2D eigenvalue weighted by molar-refractivity contribution is 6.30. The summed E-state index contributed by atoms with van der Waals surface area (Å²) in [5.41, 5.74) is 8.07. The molecule has 0 radical (unpaired) electrons. The third-order valence-electron chi connectivity index (χ3n) is 8.79. The average Bonchev–Trinajstić information content (AvgIpc) is 3.49. The molecule has 2 aliphatic rings. The van der Waals surface area contributed by atoms with Crippen molar-refractivity contribution in [2.24, 2.45) is 5.73 Å². The Hall–Kier alpha value is -3.24. The Labute approximate surface area is 288 Å². The van der Waals surface area contributed by atoms with Crippen LogP contribution in [0.15, 0.2) is 83.5 Å². The van der Waals surface area contributed by atoms with E-state index < -0.39 is 17.1 Å². The number of hydrogen-bond donors (Lipinski definition) is 3. The number of aromatic nitrogens is 1. The van der Waals surface area contributed by atoms with Gasteiger partial charge in [0.25, 0.3) is 0 Å². The van der Waals surface area contributed by atoms with Crippen molar-refractivity contribution in [2.75, 3.05) is 26.2 Å². The number of aliphatic hydroxyl groups is 2. The summed E-state index contributed by atoms with van der Waals surface area (Å²) in [6, 6.07) is 22.4. The summed E-state index contributed by atoms with van der Waals surface area (Å²) in [4.78, 5) is 20.0. The van der Waals surface area contributed by atoms with Gasteiger partial charge < -0.3 is 20.4 Å². The van der Waals surface area contributed by atoms with Gasteiger partial charge in [0, 0.05) is 61.8 Å². The second-order valence-corrected chi connectivity index (χ2v) is 12.9. The maximum Gasteiger partial charge on any atom is 0.248 e. The summed E-state index contributed by atoms with van der Waals surface area (Å²) in [5.74, 6) is 0.281. The molecule has 3 heterocycles. The van der Waals surface area contributed by atoms with Gasteiger partial charge in [-0.05, 0) is 78.8 Å². The maximum absolute atomic E-state index is 11.1. The molecule has 0 aliphatic carbocycles. The number of oxazole rings is 1. The predicted octanol–water partition coefficient (Wildman–Crippen LogP) is 7.07. The lowest BCUT2D eigenvalue weighted by Crippen LogP contribution is -2.42. The number of rotatable bonds is 7. The fourth-order valence-corrected chi connectivity index (χ4v) is 6.42. The molecule has 47 heavy (non-hydrogen) atoms. The van der Waals surface area contributed by atoms with Gasteiger partial charge in [0.15, 0.2) is 5.89 Å². The van der Waals surface area contributed by atoms with Crippen LogP contribution < -0.4 is 5.73 Å². The minimum absolute atomic E-state index is 0.411. The lowest BCUT2D eigenvalue weighted by molar-refractivity contribution is -0.0281. The molecule has 252 valence electrons. The number of carbonyl (C=O) groups excluding carboxylic acids is 1. The van der Waals surface area contributed by atoms with E-state index in [1.165, 1.54) is 0 Å². The fourth-order valence-electron chi connectivity index (χ4n) is 6.04. The van der Waals surface area contributed by atoms with Gasteiger partial charge in [0.1, 0.15) is 6.26 Å². The summed E-state index contributed by atoms with van der Waals surface area (Å²) in [6.45, 7) is 10.7. The molecular weight excluding hydrogens is 635 g/mol. The van der Waals surface area contributed by atoms with Gasteiger partial charge in [-0.3, -0.25) is 14.6 Å². The van der Waals surface area contributed by atoms with E-state index in [1.54, 1.807) is 18.4 Å².